The number of fused-ring (bicyclic) bond motifs is 1. The highest BCUT2D eigenvalue weighted by molar-refractivity contribution is 7.93. The number of benzene rings is 1. The first kappa shape index (κ1) is 19.3. The molecule has 1 aromatic heterocycles. The van der Waals surface area contributed by atoms with Crippen LogP contribution in [0, 0.1) is 22.8 Å². The average Bonchev–Trinajstić information content (AvgIpc) is 2.83. The van der Waals surface area contributed by atoms with Crippen LogP contribution >= 0.6 is 0 Å². The van der Waals surface area contributed by atoms with E-state index in [1.807, 2.05) is 0 Å². The number of halogens is 3. The van der Waals surface area contributed by atoms with Gasteiger partial charge < -0.3 is 4.74 Å². The second-order valence-corrected chi connectivity index (χ2v) is 8.01. The largest absolute Gasteiger partial charge is 0.455 e. The van der Waals surface area contributed by atoms with Crippen LogP contribution in [0.1, 0.15) is 27.7 Å². The Bertz CT molecular complexity index is 1210. The van der Waals surface area contributed by atoms with Crippen molar-refractivity contribution in [2.75, 3.05) is 6.26 Å². The van der Waals surface area contributed by atoms with Gasteiger partial charge in [0, 0.05) is 24.1 Å². The maximum atomic E-state index is 14.5. The first-order valence-corrected chi connectivity index (χ1v) is 9.42. The van der Waals surface area contributed by atoms with Crippen molar-refractivity contribution in [3.05, 3.63) is 47.3 Å². The molecule has 0 fully saturated rings. The average molecular weight is 406 g/mol. The molecule has 0 spiro atoms. The molecule has 0 N–H and O–H groups in total. The van der Waals surface area contributed by atoms with Crippen LogP contribution in [0.25, 0.3) is 0 Å². The second kappa shape index (κ2) is 6.62. The van der Waals surface area contributed by atoms with Gasteiger partial charge in [-0.2, -0.15) is 19.3 Å². The molecule has 1 aliphatic rings. The standard InChI is InChI=1S/C17H9F3N4O3S/c1-28(26,24-8-22)12-3-2-11(27-10-4-9(5-21)6-23-7-10)13-14(12)16(25)17(19,20)15(13)18/h2-4,6-7,15H,1H3/t15-,28?/m1/s1. The first-order valence-electron chi connectivity index (χ1n) is 7.50. The Morgan fingerprint density at radius 3 is 2.68 bits per heavy atom. The fourth-order valence-electron chi connectivity index (χ4n) is 2.72. The predicted octanol–water partition coefficient (Wildman–Crippen LogP) is 3.53. The van der Waals surface area contributed by atoms with Crippen molar-refractivity contribution in [1.82, 2.24) is 4.98 Å². The van der Waals surface area contributed by atoms with Crippen LogP contribution in [0.4, 0.5) is 13.2 Å². The number of Topliss-reactive ketones (excluding diaryl/α,β-unsaturated/α-hetero) is 1. The smallest absolute Gasteiger partial charge is 0.344 e. The Balaban J connectivity index is 2.25. The maximum absolute atomic E-state index is 14.5. The van der Waals surface area contributed by atoms with Crippen LogP contribution in [0.3, 0.4) is 0 Å². The number of aromatic nitrogens is 1. The number of carbonyl (C=O) groups is 1. The first-order chi connectivity index (χ1) is 13.1. The molecule has 142 valence electrons. The van der Waals surface area contributed by atoms with Crippen LogP contribution in [0.5, 0.6) is 11.5 Å². The van der Waals surface area contributed by atoms with E-state index in [1.54, 1.807) is 6.07 Å². The molecule has 2 atom stereocenters. The lowest BCUT2D eigenvalue weighted by molar-refractivity contribution is -0.0368. The number of pyridine rings is 1. The lowest BCUT2D eigenvalue weighted by Gasteiger charge is -2.14. The third kappa shape index (κ3) is 2.96. The van der Waals surface area contributed by atoms with E-state index in [1.165, 1.54) is 18.5 Å². The minimum Gasteiger partial charge on any atom is -0.455 e. The third-order valence-electron chi connectivity index (χ3n) is 3.96. The molecule has 0 saturated carbocycles. The topological polar surface area (TPSA) is 116 Å². The molecule has 0 amide bonds. The number of ether oxygens (including phenoxy) is 1. The van der Waals surface area contributed by atoms with Gasteiger partial charge in [0.15, 0.2) is 0 Å². The number of hydrogen-bond acceptors (Lipinski definition) is 7. The number of rotatable bonds is 3. The van der Waals surface area contributed by atoms with Gasteiger partial charge in [-0.25, -0.2) is 8.60 Å². The summed E-state index contributed by atoms with van der Waals surface area (Å²) >= 11 is 0. The summed E-state index contributed by atoms with van der Waals surface area (Å²) in [6, 6.07) is 5.11. The molecule has 3 rings (SSSR count). The Labute approximate surface area is 157 Å². The second-order valence-electron chi connectivity index (χ2n) is 5.78. The maximum Gasteiger partial charge on any atom is 0.344 e. The molecule has 1 aromatic carbocycles. The third-order valence-corrected chi connectivity index (χ3v) is 5.55. The molecule has 7 nitrogen and oxygen atoms in total. The monoisotopic (exact) mass is 406 g/mol. The van der Waals surface area contributed by atoms with Crippen LogP contribution in [-0.4, -0.2) is 27.2 Å². The van der Waals surface area contributed by atoms with E-state index < -0.39 is 49.4 Å². The van der Waals surface area contributed by atoms with Gasteiger partial charge in [-0.3, -0.25) is 9.78 Å². The number of nitrogens with zero attached hydrogens (tertiary/aromatic N) is 4. The summed E-state index contributed by atoms with van der Waals surface area (Å²) in [6.07, 6.45) is 1.62. The molecule has 0 bridgehead atoms. The normalized spacial score (nSPS) is 19.1. The minimum atomic E-state index is -4.40. The molecule has 1 aliphatic carbocycles. The van der Waals surface area contributed by atoms with E-state index in [-0.39, 0.29) is 11.3 Å². The number of alkyl halides is 3. The summed E-state index contributed by atoms with van der Waals surface area (Å²) in [4.78, 5) is 15.4. The Morgan fingerprint density at radius 1 is 1.32 bits per heavy atom. The van der Waals surface area contributed by atoms with Crippen molar-refractivity contribution in [3.8, 4) is 23.8 Å². The Morgan fingerprint density at radius 2 is 2.04 bits per heavy atom. The molecule has 0 aliphatic heterocycles. The molecule has 28 heavy (non-hydrogen) atoms. The molecular weight excluding hydrogens is 397 g/mol. The van der Waals surface area contributed by atoms with Crippen molar-refractivity contribution in [1.29, 1.82) is 10.5 Å². The molecule has 1 heterocycles. The van der Waals surface area contributed by atoms with E-state index >= 15 is 0 Å². The summed E-state index contributed by atoms with van der Waals surface area (Å²) in [7, 11) is -3.56. The quantitative estimate of drug-likeness (QED) is 0.720. The summed E-state index contributed by atoms with van der Waals surface area (Å²) in [6.45, 7) is 0. The fourth-order valence-corrected chi connectivity index (χ4v) is 3.88. The highest BCUT2D eigenvalue weighted by atomic mass is 32.2. The number of nitriles is 2. The van der Waals surface area contributed by atoms with Crippen LogP contribution in [-0.2, 0) is 9.73 Å². The van der Waals surface area contributed by atoms with Gasteiger partial charge in [-0.05, 0) is 12.1 Å². The predicted molar refractivity (Wildman–Crippen MR) is 89.0 cm³/mol. The van der Waals surface area contributed by atoms with Crippen molar-refractivity contribution < 1.29 is 26.9 Å². The SMILES string of the molecule is CS(=O)(=NC#N)c1ccc(Oc2cncc(C#N)c2)c2c1C(=O)C(F)(F)[C@@H]2F. The van der Waals surface area contributed by atoms with E-state index in [0.717, 1.165) is 24.6 Å². The summed E-state index contributed by atoms with van der Waals surface area (Å²) < 4.78 is 63.8. The molecular formula is C17H9F3N4O3S. The fraction of sp³-hybridized carbons (Fsp3) is 0.176. The van der Waals surface area contributed by atoms with Crippen molar-refractivity contribution >= 4 is 15.5 Å². The van der Waals surface area contributed by atoms with Gasteiger partial charge >= 0.3 is 5.92 Å². The Hall–Kier alpha value is -3.44. The van der Waals surface area contributed by atoms with E-state index in [4.69, 9.17) is 15.3 Å². The summed E-state index contributed by atoms with van der Waals surface area (Å²) in [5.41, 5.74) is -1.52. The number of ketones is 1. The zero-order valence-corrected chi connectivity index (χ0v) is 14.8. The highest BCUT2D eigenvalue weighted by Crippen LogP contribution is 2.51. The molecule has 0 radical (unpaired) electrons. The van der Waals surface area contributed by atoms with Gasteiger partial charge in [0.2, 0.25) is 18.1 Å². The lowest BCUT2D eigenvalue weighted by atomic mass is 10.1. The molecule has 1 unspecified atom stereocenters. The zero-order valence-electron chi connectivity index (χ0n) is 14.0. The van der Waals surface area contributed by atoms with Gasteiger partial charge in [0.05, 0.1) is 31.9 Å². The van der Waals surface area contributed by atoms with Gasteiger partial charge in [-0.15, -0.1) is 4.36 Å². The van der Waals surface area contributed by atoms with Crippen molar-refractivity contribution in [2.45, 2.75) is 17.0 Å². The Kier molecular flexibility index (Phi) is 4.57. The van der Waals surface area contributed by atoms with Crippen LogP contribution in [0.2, 0.25) is 0 Å². The van der Waals surface area contributed by atoms with Crippen molar-refractivity contribution in [2.24, 2.45) is 4.36 Å². The van der Waals surface area contributed by atoms with Crippen LogP contribution in [0.15, 0.2) is 39.9 Å². The van der Waals surface area contributed by atoms with E-state index in [9.17, 15) is 22.2 Å². The summed E-state index contributed by atoms with van der Waals surface area (Å²) in [5, 5.41) is 17.6. The zero-order chi connectivity index (χ0) is 20.7. The van der Waals surface area contributed by atoms with Gasteiger partial charge in [0.25, 0.3) is 0 Å². The van der Waals surface area contributed by atoms with Gasteiger partial charge in [-0.1, -0.05) is 0 Å². The van der Waals surface area contributed by atoms with Gasteiger partial charge in [0.1, 0.15) is 17.6 Å². The number of carbonyl (C=O) groups excluding carboxylic acids is 1. The lowest BCUT2D eigenvalue weighted by Crippen LogP contribution is -2.26. The molecule has 0 saturated heterocycles. The van der Waals surface area contributed by atoms with E-state index in [2.05, 4.69) is 9.35 Å². The number of hydrogen-bond donors (Lipinski definition) is 0. The molecule has 2 aromatic rings. The van der Waals surface area contributed by atoms with Crippen molar-refractivity contribution in [3.63, 3.8) is 0 Å². The van der Waals surface area contributed by atoms with Crippen LogP contribution < -0.4 is 4.74 Å². The summed E-state index contributed by atoms with van der Waals surface area (Å²) in [5.74, 6) is -6.75. The minimum absolute atomic E-state index is 0.0530. The molecule has 11 heteroatoms. The highest BCUT2D eigenvalue weighted by Gasteiger charge is 2.59. The van der Waals surface area contributed by atoms with E-state index in [0.29, 0.717) is 0 Å².